The number of hydrogen-bond acceptors (Lipinski definition) is 1. The molecule has 0 unspecified atom stereocenters. The van der Waals surface area contributed by atoms with Crippen LogP contribution < -0.4 is 4.89 Å². The van der Waals surface area contributed by atoms with Gasteiger partial charge in [-0.3, -0.25) is 0 Å². The van der Waals surface area contributed by atoms with Crippen molar-refractivity contribution in [3.05, 3.63) is 0 Å². The molecule has 0 spiro atoms. The smallest absolute Gasteiger partial charge is 0.327 e. The van der Waals surface area contributed by atoms with E-state index in [2.05, 4.69) is 4.89 Å². The van der Waals surface area contributed by atoms with E-state index in [1.807, 2.05) is 6.92 Å². The Morgan fingerprint density at radius 2 is 1.89 bits per heavy atom. The molecule has 0 atom stereocenters. The molecular formula is C2H6BCl4NSi. The lowest BCUT2D eigenvalue weighted by atomic mass is 10.4. The Hall–Kier alpha value is 1.40. The number of nitrogens with one attached hydrogen (secondary N) is 1. The standard InChI is InChI=1S/C2H6BCl4NSi/c1-2-9(6,7)8-3(4)5/h8H,2H2,1H3. The van der Waals surface area contributed by atoms with Crippen molar-refractivity contribution in [2.75, 3.05) is 0 Å². The summed E-state index contributed by atoms with van der Waals surface area (Å²) in [5.41, 5.74) is -0.661. The van der Waals surface area contributed by atoms with Crippen LogP contribution in [0, 0.1) is 0 Å². The molecule has 0 amide bonds. The Morgan fingerprint density at radius 1 is 1.44 bits per heavy atom. The SMILES string of the molecule is CC[Si](Cl)(Cl)NB(Cl)Cl. The molecule has 0 aromatic carbocycles. The van der Waals surface area contributed by atoms with Gasteiger partial charge in [-0.25, -0.2) is 0 Å². The largest absolute Gasteiger partial charge is 0.426 e. The molecule has 0 fully saturated rings. The van der Waals surface area contributed by atoms with Crippen molar-refractivity contribution in [3.8, 4) is 0 Å². The number of hydrogen-bond donors (Lipinski definition) is 1. The van der Waals surface area contributed by atoms with E-state index in [4.69, 9.17) is 45.1 Å². The molecule has 0 aliphatic carbocycles. The van der Waals surface area contributed by atoms with Gasteiger partial charge in [0, 0.05) is 0 Å². The summed E-state index contributed by atoms with van der Waals surface area (Å²) in [5, 5.41) is 0. The molecule has 0 bridgehead atoms. The zero-order valence-electron chi connectivity index (χ0n) is 4.80. The Kier molecular flexibility index (Phi) is 4.99. The highest BCUT2D eigenvalue weighted by atomic mass is 35.7. The summed E-state index contributed by atoms with van der Waals surface area (Å²) in [7, 11) is 0. The van der Waals surface area contributed by atoms with Crippen LogP contribution in [0.4, 0.5) is 0 Å². The molecule has 1 nitrogen and oxygen atoms in total. The van der Waals surface area contributed by atoms with Crippen LogP contribution in [-0.4, -0.2) is 12.5 Å². The lowest BCUT2D eigenvalue weighted by molar-refractivity contribution is 1.36. The Labute approximate surface area is 75.4 Å². The first kappa shape index (κ1) is 10.4. The van der Waals surface area contributed by atoms with Gasteiger partial charge < -0.3 is 4.89 Å². The maximum Gasteiger partial charge on any atom is 0.426 e. The summed E-state index contributed by atoms with van der Waals surface area (Å²) in [4.78, 5) is 2.67. The summed E-state index contributed by atoms with van der Waals surface area (Å²) in [6.45, 7) is -0.425. The highest BCUT2D eigenvalue weighted by Gasteiger charge is 2.29. The van der Waals surface area contributed by atoms with E-state index in [0.29, 0.717) is 6.04 Å². The van der Waals surface area contributed by atoms with Crippen molar-refractivity contribution in [1.29, 1.82) is 0 Å². The van der Waals surface area contributed by atoms with Crippen LogP contribution in [0.5, 0.6) is 0 Å². The van der Waals surface area contributed by atoms with E-state index >= 15 is 0 Å². The average molecular weight is 225 g/mol. The van der Waals surface area contributed by atoms with Crippen LogP contribution >= 0.6 is 45.1 Å². The van der Waals surface area contributed by atoms with Gasteiger partial charge >= 0.3 is 12.5 Å². The van der Waals surface area contributed by atoms with Gasteiger partial charge in [-0.05, 0) is 6.04 Å². The molecule has 7 heteroatoms. The first-order valence-electron chi connectivity index (χ1n) is 2.41. The highest BCUT2D eigenvalue weighted by Crippen LogP contribution is 2.17. The van der Waals surface area contributed by atoms with Crippen LogP contribution in [0.1, 0.15) is 6.92 Å². The summed E-state index contributed by atoms with van der Waals surface area (Å²) in [6, 6.07) is 0.687. The first-order chi connectivity index (χ1) is 3.98. The first-order valence-corrected chi connectivity index (χ1v) is 7.52. The van der Waals surface area contributed by atoms with E-state index in [0.717, 1.165) is 0 Å². The van der Waals surface area contributed by atoms with E-state index in [-0.39, 0.29) is 0 Å². The topological polar surface area (TPSA) is 12.0 Å². The van der Waals surface area contributed by atoms with Crippen molar-refractivity contribution >= 4 is 57.6 Å². The summed E-state index contributed by atoms with van der Waals surface area (Å²) in [6.07, 6.45) is 0. The Morgan fingerprint density at radius 3 is 2.00 bits per heavy atom. The third kappa shape index (κ3) is 5.83. The normalized spacial score (nSPS) is 11.7. The molecular weight excluding hydrogens is 219 g/mol. The van der Waals surface area contributed by atoms with E-state index in [1.165, 1.54) is 0 Å². The highest BCUT2D eigenvalue weighted by molar-refractivity contribution is 7.49. The van der Waals surface area contributed by atoms with E-state index < -0.39 is 12.5 Å². The van der Waals surface area contributed by atoms with Gasteiger partial charge in [0.1, 0.15) is 0 Å². The summed E-state index contributed by atoms with van der Waals surface area (Å²) in [5.74, 6) is 0. The molecule has 0 aliphatic heterocycles. The van der Waals surface area contributed by atoms with Crippen molar-refractivity contribution < 1.29 is 0 Å². The molecule has 0 aromatic rings. The number of rotatable bonds is 3. The second-order valence-corrected chi connectivity index (χ2v) is 9.46. The Balaban J connectivity index is 3.58. The fraction of sp³-hybridized carbons (Fsp3) is 1.00. The molecule has 0 aliphatic rings. The van der Waals surface area contributed by atoms with Crippen molar-refractivity contribution in [2.45, 2.75) is 13.0 Å². The maximum absolute atomic E-state index is 5.74. The molecule has 0 aromatic heterocycles. The lowest BCUT2D eigenvalue weighted by Crippen LogP contribution is -2.44. The van der Waals surface area contributed by atoms with Gasteiger partial charge in [0.25, 0.3) is 0 Å². The minimum absolute atomic E-state index is 0.661. The van der Waals surface area contributed by atoms with E-state index in [1.54, 1.807) is 0 Å². The van der Waals surface area contributed by atoms with Gasteiger partial charge in [-0.15, -0.1) is 45.1 Å². The zero-order chi connectivity index (χ0) is 7.49. The summed E-state index contributed by atoms with van der Waals surface area (Å²) < 4.78 is 0. The fourth-order valence-corrected chi connectivity index (χ4v) is 3.23. The maximum atomic E-state index is 5.74. The van der Waals surface area contributed by atoms with Crippen molar-refractivity contribution in [2.24, 2.45) is 0 Å². The van der Waals surface area contributed by atoms with Gasteiger partial charge in [0.15, 0.2) is 0 Å². The van der Waals surface area contributed by atoms with Gasteiger partial charge in [0.2, 0.25) is 0 Å². The van der Waals surface area contributed by atoms with Crippen molar-refractivity contribution in [1.82, 2.24) is 4.89 Å². The zero-order valence-corrected chi connectivity index (χ0v) is 8.82. The minimum atomic E-state index is -2.31. The van der Waals surface area contributed by atoms with Crippen LogP contribution in [0.2, 0.25) is 6.04 Å². The van der Waals surface area contributed by atoms with Crippen LogP contribution in [0.25, 0.3) is 0 Å². The van der Waals surface area contributed by atoms with E-state index in [9.17, 15) is 0 Å². The molecule has 0 saturated carbocycles. The van der Waals surface area contributed by atoms with Crippen molar-refractivity contribution in [3.63, 3.8) is 0 Å². The molecule has 9 heavy (non-hydrogen) atoms. The minimum Gasteiger partial charge on any atom is -0.327 e. The molecule has 1 N–H and O–H groups in total. The fourth-order valence-electron chi connectivity index (χ4n) is 0.262. The summed E-state index contributed by atoms with van der Waals surface area (Å²) >= 11 is 22.2. The van der Waals surface area contributed by atoms with Gasteiger partial charge in [0.05, 0.1) is 0 Å². The van der Waals surface area contributed by atoms with Gasteiger partial charge in [-0.2, -0.15) is 0 Å². The predicted molar refractivity (Wildman–Crippen MR) is 48.5 cm³/mol. The lowest BCUT2D eigenvalue weighted by Gasteiger charge is -2.14. The van der Waals surface area contributed by atoms with Gasteiger partial charge in [-0.1, -0.05) is 6.92 Å². The molecule has 0 saturated heterocycles. The second kappa shape index (κ2) is 4.32. The predicted octanol–water partition coefficient (Wildman–Crippen LogP) is 2.47. The number of halogens is 4. The Bertz CT molecular complexity index is 88.6. The van der Waals surface area contributed by atoms with Crippen LogP contribution in [-0.2, 0) is 0 Å². The molecule has 54 valence electrons. The third-order valence-electron chi connectivity index (χ3n) is 0.764. The average Bonchev–Trinajstić information content (AvgIpc) is 1.63. The molecule has 0 rings (SSSR count). The second-order valence-electron chi connectivity index (χ2n) is 1.50. The molecule has 0 heterocycles. The van der Waals surface area contributed by atoms with Crippen LogP contribution in [0.3, 0.4) is 0 Å². The van der Waals surface area contributed by atoms with Crippen LogP contribution in [0.15, 0.2) is 0 Å². The quantitative estimate of drug-likeness (QED) is 0.574. The third-order valence-corrected chi connectivity index (χ3v) is 5.21. The monoisotopic (exact) mass is 223 g/mol. The molecule has 0 radical (unpaired) electrons.